The molecule has 0 saturated carbocycles. The Balaban J connectivity index is 1.76. The third-order valence-electron chi connectivity index (χ3n) is 4.80. The van der Waals surface area contributed by atoms with Crippen LogP contribution >= 0.6 is 0 Å². The minimum absolute atomic E-state index is 0.136. The molecule has 24 heavy (non-hydrogen) atoms. The highest BCUT2D eigenvalue weighted by atomic mass is 19.2. The van der Waals surface area contributed by atoms with Crippen molar-refractivity contribution in [3.8, 4) is 0 Å². The van der Waals surface area contributed by atoms with Crippen LogP contribution in [0.15, 0.2) is 36.4 Å². The third-order valence-corrected chi connectivity index (χ3v) is 4.80. The Morgan fingerprint density at radius 1 is 1.04 bits per heavy atom. The van der Waals surface area contributed by atoms with Gasteiger partial charge in [0, 0.05) is 5.92 Å². The summed E-state index contributed by atoms with van der Waals surface area (Å²) in [6.45, 7) is 4.49. The van der Waals surface area contributed by atoms with Gasteiger partial charge in [-0.1, -0.05) is 24.3 Å². The Kier molecular flexibility index (Phi) is 4.65. The zero-order valence-electron chi connectivity index (χ0n) is 13.8. The third kappa shape index (κ3) is 3.48. The number of rotatable bonds is 3. The van der Waals surface area contributed by atoms with Gasteiger partial charge < -0.3 is 4.74 Å². The summed E-state index contributed by atoms with van der Waals surface area (Å²) in [5.74, 6) is -2.23. The van der Waals surface area contributed by atoms with E-state index in [-0.39, 0.29) is 17.8 Å². The predicted molar refractivity (Wildman–Crippen MR) is 87.8 cm³/mol. The van der Waals surface area contributed by atoms with Gasteiger partial charge in [0.15, 0.2) is 11.6 Å². The molecule has 0 amide bonds. The van der Waals surface area contributed by atoms with Crippen LogP contribution in [0.3, 0.4) is 0 Å². The average molecular weight is 330 g/mol. The van der Waals surface area contributed by atoms with Crippen molar-refractivity contribution in [2.45, 2.75) is 32.6 Å². The highest BCUT2D eigenvalue weighted by molar-refractivity contribution is 5.74. The van der Waals surface area contributed by atoms with Crippen molar-refractivity contribution in [1.29, 1.82) is 0 Å². The molecule has 2 nitrogen and oxygen atoms in total. The molecular formula is C20H20F2O2. The van der Waals surface area contributed by atoms with Gasteiger partial charge >= 0.3 is 5.97 Å². The zero-order chi connectivity index (χ0) is 17.3. The van der Waals surface area contributed by atoms with Gasteiger partial charge in [0.05, 0.1) is 12.5 Å². The van der Waals surface area contributed by atoms with Crippen molar-refractivity contribution < 1.29 is 18.3 Å². The van der Waals surface area contributed by atoms with Crippen molar-refractivity contribution in [1.82, 2.24) is 0 Å². The lowest BCUT2D eigenvalue weighted by Crippen LogP contribution is -2.31. The Hall–Kier alpha value is -2.23. The van der Waals surface area contributed by atoms with Gasteiger partial charge in [-0.2, -0.15) is 0 Å². The van der Waals surface area contributed by atoms with Crippen LogP contribution in [0.25, 0.3) is 0 Å². The molecule has 2 aromatic carbocycles. The molecule has 1 saturated heterocycles. The highest BCUT2D eigenvalue weighted by Gasteiger charge is 2.31. The quantitative estimate of drug-likeness (QED) is 0.776. The minimum Gasteiger partial charge on any atom is -0.465 e. The number of benzene rings is 2. The number of cyclic esters (lactones) is 1. The number of carbonyl (C=O) groups is 1. The molecule has 4 heteroatoms. The van der Waals surface area contributed by atoms with Gasteiger partial charge in [-0.3, -0.25) is 4.79 Å². The number of hydrogen-bond acceptors (Lipinski definition) is 2. The maximum atomic E-state index is 13.4. The second kappa shape index (κ2) is 6.71. The molecule has 3 rings (SSSR count). The standard InChI is InChI=1S/C20H20F2O2/c1-12-3-5-15(7-13(12)2)17-10-16(20(23)24-11-17)8-14-4-6-18(21)19(22)9-14/h3-7,9,16-17H,8,10-11H2,1-2H3/t16?,17-/m1/s1. The number of ether oxygens (including phenoxy) is 1. The van der Waals surface area contributed by atoms with Crippen LogP contribution in [-0.4, -0.2) is 12.6 Å². The van der Waals surface area contributed by atoms with E-state index in [0.717, 1.165) is 17.7 Å². The van der Waals surface area contributed by atoms with E-state index in [2.05, 4.69) is 32.0 Å². The number of halogens is 2. The lowest BCUT2D eigenvalue weighted by Gasteiger charge is -2.29. The summed E-state index contributed by atoms with van der Waals surface area (Å²) in [6, 6.07) is 10.0. The van der Waals surface area contributed by atoms with E-state index < -0.39 is 11.6 Å². The predicted octanol–water partition coefficient (Wildman–Crippen LogP) is 4.47. The molecule has 0 spiro atoms. The van der Waals surface area contributed by atoms with Crippen LogP contribution in [-0.2, 0) is 16.0 Å². The van der Waals surface area contributed by atoms with E-state index in [0.29, 0.717) is 25.0 Å². The first-order valence-electron chi connectivity index (χ1n) is 8.11. The molecule has 0 N–H and O–H groups in total. The van der Waals surface area contributed by atoms with Crippen LogP contribution < -0.4 is 0 Å². The molecule has 2 atom stereocenters. The van der Waals surface area contributed by atoms with Crippen LogP contribution in [0.1, 0.15) is 34.6 Å². The normalized spacial score (nSPS) is 20.8. The van der Waals surface area contributed by atoms with Gasteiger partial charge in [-0.15, -0.1) is 0 Å². The van der Waals surface area contributed by atoms with Crippen LogP contribution in [0.2, 0.25) is 0 Å². The molecule has 0 bridgehead atoms. The molecule has 1 unspecified atom stereocenters. The van der Waals surface area contributed by atoms with Crippen molar-refractivity contribution in [2.75, 3.05) is 6.61 Å². The Morgan fingerprint density at radius 2 is 1.83 bits per heavy atom. The smallest absolute Gasteiger partial charge is 0.309 e. The monoisotopic (exact) mass is 330 g/mol. The first kappa shape index (κ1) is 16.6. The van der Waals surface area contributed by atoms with Crippen molar-refractivity contribution in [3.63, 3.8) is 0 Å². The van der Waals surface area contributed by atoms with E-state index in [1.807, 2.05) is 0 Å². The molecule has 0 aromatic heterocycles. The van der Waals surface area contributed by atoms with E-state index in [1.165, 1.54) is 17.2 Å². The summed E-state index contributed by atoms with van der Waals surface area (Å²) in [5, 5.41) is 0. The van der Waals surface area contributed by atoms with Crippen LogP contribution in [0.5, 0.6) is 0 Å². The second-order valence-corrected chi connectivity index (χ2v) is 6.56. The average Bonchev–Trinajstić information content (AvgIpc) is 2.56. The largest absolute Gasteiger partial charge is 0.465 e. The van der Waals surface area contributed by atoms with Gasteiger partial charge in [-0.25, -0.2) is 8.78 Å². The number of hydrogen-bond donors (Lipinski definition) is 0. The Labute approximate surface area is 140 Å². The number of carbonyl (C=O) groups excluding carboxylic acids is 1. The van der Waals surface area contributed by atoms with Crippen LogP contribution in [0, 0.1) is 31.4 Å². The minimum atomic E-state index is -0.887. The summed E-state index contributed by atoms with van der Waals surface area (Å²) in [4.78, 5) is 12.1. The summed E-state index contributed by atoms with van der Waals surface area (Å²) in [6.07, 6.45) is 1.01. The molecule has 1 heterocycles. The second-order valence-electron chi connectivity index (χ2n) is 6.56. The first-order chi connectivity index (χ1) is 11.4. The first-order valence-corrected chi connectivity index (χ1v) is 8.11. The van der Waals surface area contributed by atoms with Gasteiger partial charge in [-0.05, 0) is 61.1 Å². The number of esters is 1. The van der Waals surface area contributed by atoms with Crippen molar-refractivity contribution >= 4 is 5.97 Å². The van der Waals surface area contributed by atoms with E-state index in [9.17, 15) is 13.6 Å². The molecule has 1 aliphatic rings. The molecule has 0 aliphatic carbocycles. The molecule has 2 aromatic rings. The molecule has 126 valence electrons. The Bertz CT molecular complexity index is 770. The highest BCUT2D eigenvalue weighted by Crippen LogP contribution is 2.32. The van der Waals surface area contributed by atoms with E-state index in [1.54, 1.807) is 0 Å². The number of aryl methyl sites for hydroxylation is 2. The topological polar surface area (TPSA) is 26.3 Å². The molecule has 1 fully saturated rings. The van der Waals surface area contributed by atoms with Crippen molar-refractivity contribution in [3.05, 3.63) is 70.3 Å². The van der Waals surface area contributed by atoms with E-state index >= 15 is 0 Å². The SMILES string of the molecule is Cc1ccc([C@H]2COC(=O)C(Cc3ccc(F)c(F)c3)C2)cc1C. The van der Waals surface area contributed by atoms with Crippen LogP contribution in [0.4, 0.5) is 8.78 Å². The van der Waals surface area contributed by atoms with Gasteiger partial charge in [0.25, 0.3) is 0 Å². The van der Waals surface area contributed by atoms with Gasteiger partial charge in [0.2, 0.25) is 0 Å². The summed E-state index contributed by atoms with van der Waals surface area (Å²) >= 11 is 0. The Morgan fingerprint density at radius 3 is 2.54 bits per heavy atom. The summed E-state index contributed by atoms with van der Waals surface area (Å²) in [7, 11) is 0. The fourth-order valence-corrected chi connectivity index (χ4v) is 3.18. The molecule has 1 aliphatic heterocycles. The van der Waals surface area contributed by atoms with Gasteiger partial charge in [0.1, 0.15) is 0 Å². The van der Waals surface area contributed by atoms with E-state index in [4.69, 9.17) is 4.74 Å². The molecular weight excluding hydrogens is 310 g/mol. The lowest BCUT2D eigenvalue weighted by atomic mass is 9.83. The zero-order valence-corrected chi connectivity index (χ0v) is 13.8. The van der Waals surface area contributed by atoms with Crippen molar-refractivity contribution in [2.24, 2.45) is 5.92 Å². The maximum absolute atomic E-state index is 13.4. The fraction of sp³-hybridized carbons (Fsp3) is 0.350. The summed E-state index contributed by atoms with van der Waals surface area (Å²) in [5.41, 5.74) is 4.20. The lowest BCUT2D eigenvalue weighted by molar-refractivity contribution is -0.154. The maximum Gasteiger partial charge on any atom is 0.309 e. The summed E-state index contributed by atoms with van der Waals surface area (Å²) < 4.78 is 31.8. The fourth-order valence-electron chi connectivity index (χ4n) is 3.18. The molecule has 0 radical (unpaired) electrons.